The van der Waals surface area contributed by atoms with Crippen molar-refractivity contribution in [3.8, 4) is 11.3 Å². The molecule has 0 radical (unpaired) electrons. The number of imidazole rings is 1. The molecular weight excluding hydrogens is 320 g/mol. The van der Waals surface area contributed by atoms with Gasteiger partial charge in [0.1, 0.15) is 0 Å². The fourth-order valence-electron chi connectivity index (χ4n) is 2.55. The number of hydrogen-bond donors (Lipinski definition) is 3. The molecule has 3 rings (SSSR count). The molecule has 3 N–H and O–H groups in total. The van der Waals surface area contributed by atoms with E-state index in [2.05, 4.69) is 15.3 Å². The Morgan fingerprint density at radius 3 is 2.60 bits per heavy atom. The van der Waals surface area contributed by atoms with E-state index in [-0.39, 0.29) is 24.1 Å². The largest absolute Gasteiger partial charge is 0.478 e. The first-order chi connectivity index (χ1) is 12.0. The van der Waals surface area contributed by atoms with Crippen LogP contribution in [0.5, 0.6) is 0 Å². The number of carboxylic acid groups (broad SMARTS) is 1. The van der Waals surface area contributed by atoms with Crippen LogP contribution in [0.1, 0.15) is 24.2 Å². The minimum absolute atomic E-state index is 0.0102. The first kappa shape index (κ1) is 16.9. The Hall–Kier alpha value is -2.93. The van der Waals surface area contributed by atoms with Gasteiger partial charge in [-0.1, -0.05) is 26.0 Å². The second-order valence-electron chi connectivity index (χ2n) is 6.19. The fourth-order valence-corrected chi connectivity index (χ4v) is 2.55. The van der Waals surface area contributed by atoms with Gasteiger partial charge in [0.15, 0.2) is 11.5 Å². The number of benzene rings is 1. The first-order valence-electron chi connectivity index (χ1n) is 8.04. The Balaban J connectivity index is 2.03. The molecule has 1 atom stereocenters. The van der Waals surface area contributed by atoms with E-state index in [4.69, 9.17) is 5.11 Å². The number of aromatic carboxylic acids is 1. The lowest BCUT2D eigenvalue weighted by atomic mass is 10.1. The standard InChI is InChI=1S/C18H20N4O3/c1-11(2)15(10-23)21-16-17-19-7-8-22(17)9-14(20-16)12-3-5-13(6-4-12)18(24)25/h3-9,11,15,23H,10H2,1-2H3,(H,20,21)(H,24,25)/t15-/m1/s1. The molecule has 0 aliphatic rings. The van der Waals surface area contributed by atoms with Crippen LogP contribution in [0.3, 0.4) is 0 Å². The number of hydrogen-bond acceptors (Lipinski definition) is 5. The molecule has 130 valence electrons. The number of anilines is 1. The number of fused-ring (bicyclic) bond motifs is 1. The smallest absolute Gasteiger partial charge is 0.335 e. The van der Waals surface area contributed by atoms with Crippen LogP contribution in [0.2, 0.25) is 0 Å². The number of nitrogens with zero attached hydrogens (tertiary/aromatic N) is 3. The number of carboxylic acids is 1. The molecule has 25 heavy (non-hydrogen) atoms. The molecule has 0 aliphatic carbocycles. The quantitative estimate of drug-likeness (QED) is 0.638. The summed E-state index contributed by atoms with van der Waals surface area (Å²) in [5.41, 5.74) is 2.38. The van der Waals surface area contributed by atoms with E-state index in [1.165, 1.54) is 0 Å². The number of aromatic nitrogens is 3. The van der Waals surface area contributed by atoms with Gasteiger partial charge in [-0.3, -0.25) is 0 Å². The minimum Gasteiger partial charge on any atom is -0.478 e. The Kier molecular flexibility index (Phi) is 4.67. The summed E-state index contributed by atoms with van der Waals surface area (Å²) in [7, 11) is 0. The number of aliphatic hydroxyl groups excluding tert-OH is 1. The Labute approximate surface area is 145 Å². The molecule has 1 aromatic carbocycles. The number of rotatable bonds is 6. The van der Waals surface area contributed by atoms with E-state index in [1.807, 2.05) is 30.6 Å². The normalized spacial score (nSPS) is 12.5. The lowest BCUT2D eigenvalue weighted by molar-refractivity contribution is 0.0697. The van der Waals surface area contributed by atoms with Gasteiger partial charge in [-0.05, 0) is 18.1 Å². The Morgan fingerprint density at radius 1 is 1.28 bits per heavy atom. The van der Waals surface area contributed by atoms with Crippen molar-refractivity contribution in [3.63, 3.8) is 0 Å². The van der Waals surface area contributed by atoms with Crippen LogP contribution in [0, 0.1) is 5.92 Å². The lowest BCUT2D eigenvalue weighted by Gasteiger charge is -2.21. The molecule has 0 bridgehead atoms. The molecule has 0 amide bonds. The molecule has 0 aliphatic heterocycles. The molecule has 0 spiro atoms. The highest BCUT2D eigenvalue weighted by Gasteiger charge is 2.16. The fraction of sp³-hybridized carbons (Fsp3) is 0.278. The van der Waals surface area contributed by atoms with Crippen molar-refractivity contribution in [1.82, 2.24) is 14.4 Å². The summed E-state index contributed by atoms with van der Waals surface area (Å²) < 4.78 is 1.85. The predicted octanol–water partition coefficient (Wildman–Crippen LogP) is 2.52. The van der Waals surface area contributed by atoms with Crippen LogP contribution in [0.25, 0.3) is 16.9 Å². The van der Waals surface area contributed by atoms with Gasteiger partial charge < -0.3 is 19.9 Å². The summed E-state index contributed by atoms with van der Waals surface area (Å²) in [4.78, 5) is 20.0. The van der Waals surface area contributed by atoms with Crippen LogP contribution < -0.4 is 5.32 Å². The molecule has 7 heteroatoms. The summed E-state index contributed by atoms with van der Waals surface area (Å²) >= 11 is 0. The maximum absolute atomic E-state index is 11.0. The van der Waals surface area contributed by atoms with Gasteiger partial charge in [0.2, 0.25) is 0 Å². The van der Waals surface area contributed by atoms with Crippen molar-refractivity contribution in [1.29, 1.82) is 0 Å². The van der Waals surface area contributed by atoms with Crippen LogP contribution in [0.15, 0.2) is 42.9 Å². The molecule has 0 unspecified atom stereocenters. The summed E-state index contributed by atoms with van der Waals surface area (Å²) in [6.07, 6.45) is 5.34. The maximum Gasteiger partial charge on any atom is 0.335 e. The molecule has 3 aromatic rings. The number of nitrogens with one attached hydrogen (secondary N) is 1. The van der Waals surface area contributed by atoms with E-state index < -0.39 is 5.97 Å². The van der Waals surface area contributed by atoms with Crippen LogP contribution in [0.4, 0.5) is 5.82 Å². The van der Waals surface area contributed by atoms with Crippen molar-refractivity contribution in [2.24, 2.45) is 5.92 Å². The van der Waals surface area contributed by atoms with Gasteiger partial charge >= 0.3 is 5.97 Å². The first-order valence-corrected chi connectivity index (χ1v) is 8.04. The van der Waals surface area contributed by atoms with Gasteiger partial charge in [-0.25, -0.2) is 14.8 Å². The lowest BCUT2D eigenvalue weighted by Crippen LogP contribution is -2.30. The number of carbonyl (C=O) groups is 1. The van der Waals surface area contributed by atoms with Crippen molar-refractivity contribution >= 4 is 17.4 Å². The van der Waals surface area contributed by atoms with Crippen molar-refractivity contribution in [2.45, 2.75) is 19.9 Å². The average molecular weight is 340 g/mol. The SMILES string of the molecule is CC(C)[C@@H](CO)Nc1nc(-c2ccc(C(=O)O)cc2)cn2ccnc12. The van der Waals surface area contributed by atoms with Gasteiger partial charge in [-0.2, -0.15) is 0 Å². The van der Waals surface area contributed by atoms with Gasteiger partial charge in [-0.15, -0.1) is 0 Å². The molecule has 0 saturated heterocycles. The van der Waals surface area contributed by atoms with Crippen LogP contribution >= 0.6 is 0 Å². The van der Waals surface area contributed by atoms with Crippen molar-refractivity contribution in [2.75, 3.05) is 11.9 Å². The second kappa shape index (κ2) is 6.90. The van der Waals surface area contributed by atoms with E-state index >= 15 is 0 Å². The highest BCUT2D eigenvalue weighted by Crippen LogP contribution is 2.23. The molecule has 7 nitrogen and oxygen atoms in total. The highest BCUT2D eigenvalue weighted by atomic mass is 16.4. The van der Waals surface area contributed by atoms with E-state index in [0.717, 1.165) is 5.56 Å². The number of aliphatic hydroxyl groups is 1. The third-order valence-electron chi connectivity index (χ3n) is 4.13. The zero-order chi connectivity index (χ0) is 18.0. The highest BCUT2D eigenvalue weighted by molar-refractivity contribution is 5.88. The van der Waals surface area contributed by atoms with Gasteiger partial charge in [0, 0.05) is 24.2 Å². The summed E-state index contributed by atoms with van der Waals surface area (Å²) in [5, 5.41) is 21.9. The van der Waals surface area contributed by atoms with Crippen LogP contribution in [-0.4, -0.2) is 43.2 Å². The maximum atomic E-state index is 11.0. The Bertz CT molecular complexity index is 887. The summed E-state index contributed by atoms with van der Waals surface area (Å²) in [5.74, 6) is -0.160. The van der Waals surface area contributed by atoms with E-state index in [1.54, 1.807) is 30.5 Å². The van der Waals surface area contributed by atoms with E-state index in [9.17, 15) is 9.90 Å². The second-order valence-corrected chi connectivity index (χ2v) is 6.19. The van der Waals surface area contributed by atoms with E-state index in [0.29, 0.717) is 17.2 Å². The zero-order valence-electron chi connectivity index (χ0n) is 14.0. The predicted molar refractivity (Wildman–Crippen MR) is 94.7 cm³/mol. The van der Waals surface area contributed by atoms with Crippen molar-refractivity contribution in [3.05, 3.63) is 48.4 Å². The monoisotopic (exact) mass is 340 g/mol. The third kappa shape index (κ3) is 3.46. The zero-order valence-corrected chi connectivity index (χ0v) is 14.0. The minimum atomic E-state index is -0.963. The molecule has 0 fully saturated rings. The average Bonchev–Trinajstić information content (AvgIpc) is 3.08. The topological polar surface area (TPSA) is 99.8 Å². The molecule has 2 aromatic heterocycles. The third-order valence-corrected chi connectivity index (χ3v) is 4.13. The summed E-state index contributed by atoms with van der Waals surface area (Å²) in [6, 6.07) is 6.41. The Morgan fingerprint density at radius 2 is 2.00 bits per heavy atom. The van der Waals surface area contributed by atoms with Crippen molar-refractivity contribution < 1.29 is 15.0 Å². The van der Waals surface area contributed by atoms with Crippen LogP contribution in [-0.2, 0) is 0 Å². The van der Waals surface area contributed by atoms with Gasteiger partial charge in [0.05, 0.1) is 23.9 Å². The molecule has 0 saturated carbocycles. The summed E-state index contributed by atoms with van der Waals surface area (Å²) in [6.45, 7) is 4.03. The van der Waals surface area contributed by atoms with Gasteiger partial charge in [0.25, 0.3) is 0 Å². The molecule has 2 heterocycles. The molecular formula is C18H20N4O3.